The summed E-state index contributed by atoms with van der Waals surface area (Å²) >= 11 is 0. The van der Waals surface area contributed by atoms with Crippen molar-refractivity contribution in [2.24, 2.45) is 0 Å². The molecule has 0 fully saturated rings. The van der Waals surface area contributed by atoms with Crippen molar-refractivity contribution in [1.82, 2.24) is 4.98 Å². The number of ether oxygens (including phenoxy) is 2. The Hall–Kier alpha value is -4.17. The molecule has 1 heterocycles. The SMILES string of the molecule is O=C(Oc1c(F)c(F)c(F)c(F)c1F)c1ccc(C(=O)Oc2c(F)c(F)c(F)c(F)c2F)nc1. The van der Waals surface area contributed by atoms with Crippen molar-refractivity contribution in [3.63, 3.8) is 0 Å². The molecular weight excluding hydrogens is 496 g/mol. The zero-order valence-electron chi connectivity index (χ0n) is 15.6. The first-order chi connectivity index (χ1) is 15.9. The third-order valence-electron chi connectivity index (χ3n) is 3.94. The summed E-state index contributed by atoms with van der Waals surface area (Å²) in [6.45, 7) is 0. The highest BCUT2D eigenvalue weighted by atomic mass is 19.2. The maximum absolute atomic E-state index is 13.6. The number of hydrogen-bond donors (Lipinski definition) is 0. The van der Waals surface area contributed by atoms with Gasteiger partial charge in [0.2, 0.25) is 69.7 Å². The highest BCUT2D eigenvalue weighted by Gasteiger charge is 2.30. The number of aromatic nitrogens is 1. The summed E-state index contributed by atoms with van der Waals surface area (Å²) < 4.78 is 141. The van der Waals surface area contributed by atoms with Gasteiger partial charge in [0.1, 0.15) is 5.69 Å². The summed E-state index contributed by atoms with van der Waals surface area (Å²) in [7, 11) is 0. The second-order valence-corrected chi connectivity index (χ2v) is 6.01. The minimum atomic E-state index is -2.51. The molecule has 34 heavy (non-hydrogen) atoms. The van der Waals surface area contributed by atoms with Gasteiger partial charge in [-0.1, -0.05) is 0 Å². The third-order valence-corrected chi connectivity index (χ3v) is 3.94. The van der Waals surface area contributed by atoms with Crippen LogP contribution in [0.25, 0.3) is 0 Å². The molecule has 0 saturated carbocycles. The van der Waals surface area contributed by atoms with Crippen molar-refractivity contribution < 1.29 is 63.0 Å². The second-order valence-electron chi connectivity index (χ2n) is 6.01. The normalized spacial score (nSPS) is 10.9. The van der Waals surface area contributed by atoms with Gasteiger partial charge in [-0.2, -0.15) is 17.6 Å². The summed E-state index contributed by atoms with van der Waals surface area (Å²) in [6.07, 6.45) is 0.448. The zero-order valence-corrected chi connectivity index (χ0v) is 15.6. The lowest BCUT2D eigenvalue weighted by atomic mass is 10.2. The van der Waals surface area contributed by atoms with Gasteiger partial charge >= 0.3 is 11.9 Å². The number of nitrogens with zero attached hydrogens (tertiary/aromatic N) is 1. The Morgan fingerprint density at radius 1 is 0.529 bits per heavy atom. The molecule has 3 rings (SSSR count). The number of hydrogen-bond acceptors (Lipinski definition) is 5. The molecule has 3 aromatic rings. The number of halogens is 10. The minimum absolute atomic E-state index is 0.448. The van der Waals surface area contributed by atoms with Crippen molar-refractivity contribution in [3.05, 3.63) is 87.8 Å². The van der Waals surface area contributed by atoms with Crippen LogP contribution in [0.4, 0.5) is 43.9 Å². The van der Waals surface area contributed by atoms with Crippen LogP contribution in [0, 0.1) is 58.2 Å². The maximum Gasteiger partial charge on any atom is 0.362 e. The smallest absolute Gasteiger partial charge is 0.362 e. The van der Waals surface area contributed by atoms with Crippen molar-refractivity contribution in [2.75, 3.05) is 0 Å². The van der Waals surface area contributed by atoms with E-state index in [2.05, 4.69) is 14.5 Å². The molecule has 0 spiro atoms. The van der Waals surface area contributed by atoms with Crippen LogP contribution in [0.1, 0.15) is 20.8 Å². The molecule has 0 atom stereocenters. The van der Waals surface area contributed by atoms with E-state index in [1.807, 2.05) is 0 Å². The Labute approximate surface area is 180 Å². The number of esters is 2. The summed E-state index contributed by atoms with van der Waals surface area (Å²) in [5, 5.41) is 0. The predicted molar refractivity (Wildman–Crippen MR) is 86.6 cm³/mol. The monoisotopic (exact) mass is 499 g/mol. The fourth-order valence-electron chi connectivity index (χ4n) is 2.28. The lowest BCUT2D eigenvalue weighted by Gasteiger charge is -2.10. The largest absolute Gasteiger partial charge is 0.416 e. The van der Waals surface area contributed by atoms with Crippen molar-refractivity contribution in [2.45, 2.75) is 0 Å². The molecule has 0 saturated heterocycles. The molecule has 0 radical (unpaired) electrons. The van der Waals surface area contributed by atoms with Gasteiger partial charge in [0.05, 0.1) is 5.56 Å². The van der Waals surface area contributed by atoms with Crippen LogP contribution in [0.15, 0.2) is 18.3 Å². The highest BCUT2D eigenvalue weighted by molar-refractivity contribution is 5.93. The lowest BCUT2D eigenvalue weighted by Crippen LogP contribution is -2.17. The van der Waals surface area contributed by atoms with E-state index in [1.165, 1.54) is 0 Å². The third kappa shape index (κ3) is 4.11. The van der Waals surface area contributed by atoms with E-state index >= 15 is 0 Å². The van der Waals surface area contributed by atoms with Crippen LogP contribution in [-0.2, 0) is 0 Å². The molecule has 2 aromatic carbocycles. The van der Waals surface area contributed by atoms with Gasteiger partial charge in [-0.05, 0) is 12.1 Å². The second kappa shape index (κ2) is 8.99. The van der Waals surface area contributed by atoms with Gasteiger partial charge < -0.3 is 9.47 Å². The topological polar surface area (TPSA) is 65.5 Å². The molecule has 0 aliphatic heterocycles. The van der Waals surface area contributed by atoms with Crippen molar-refractivity contribution in [3.8, 4) is 11.5 Å². The van der Waals surface area contributed by atoms with Crippen molar-refractivity contribution in [1.29, 1.82) is 0 Å². The van der Waals surface area contributed by atoms with Gasteiger partial charge in [-0.3, -0.25) is 0 Å². The standard InChI is InChI=1S/C19H3F10NO4/c20-6-8(22)12(26)16(13(27)9(6)23)33-18(31)4-1-2-5(30-3-4)19(32)34-17-14(28)10(24)7(21)11(25)15(17)29/h1-3H. The molecule has 0 unspecified atom stereocenters. The first kappa shape index (κ1) is 24.5. The molecule has 5 nitrogen and oxygen atoms in total. The van der Waals surface area contributed by atoms with Crippen LogP contribution in [0.5, 0.6) is 11.5 Å². The van der Waals surface area contributed by atoms with Gasteiger partial charge in [-0.15, -0.1) is 0 Å². The first-order valence-electron chi connectivity index (χ1n) is 8.30. The fourth-order valence-corrected chi connectivity index (χ4v) is 2.28. The quantitative estimate of drug-likeness (QED) is 0.168. The maximum atomic E-state index is 13.6. The first-order valence-corrected chi connectivity index (χ1v) is 8.30. The Kier molecular flexibility index (Phi) is 6.47. The Balaban J connectivity index is 1.83. The van der Waals surface area contributed by atoms with Crippen molar-refractivity contribution >= 4 is 11.9 Å². The van der Waals surface area contributed by atoms with Gasteiger partial charge in [0, 0.05) is 6.20 Å². The van der Waals surface area contributed by atoms with Crippen LogP contribution in [0.2, 0.25) is 0 Å². The van der Waals surface area contributed by atoms with E-state index in [0.717, 1.165) is 0 Å². The van der Waals surface area contributed by atoms with Gasteiger partial charge in [0.25, 0.3) is 0 Å². The number of carbonyl (C=O) groups excluding carboxylic acids is 2. The highest BCUT2D eigenvalue weighted by Crippen LogP contribution is 2.31. The van der Waals surface area contributed by atoms with E-state index in [-0.39, 0.29) is 0 Å². The van der Waals surface area contributed by atoms with E-state index < -0.39 is 92.9 Å². The number of carbonyl (C=O) groups is 2. The van der Waals surface area contributed by atoms with Gasteiger partial charge in [-0.25, -0.2) is 40.9 Å². The fraction of sp³-hybridized carbons (Fsp3) is 0. The molecule has 0 amide bonds. The summed E-state index contributed by atoms with van der Waals surface area (Å²) in [4.78, 5) is 27.1. The van der Waals surface area contributed by atoms with E-state index in [4.69, 9.17) is 0 Å². The molecule has 1 aromatic heterocycles. The summed E-state index contributed by atoms with van der Waals surface area (Å²) in [5.41, 5.74) is -1.59. The van der Waals surface area contributed by atoms with Crippen LogP contribution < -0.4 is 9.47 Å². The Bertz CT molecular complexity index is 1180. The Morgan fingerprint density at radius 2 is 0.882 bits per heavy atom. The average Bonchev–Trinajstić information content (AvgIpc) is 2.84. The molecule has 0 aliphatic rings. The lowest BCUT2D eigenvalue weighted by molar-refractivity contribution is 0.0697. The minimum Gasteiger partial charge on any atom is -0.416 e. The summed E-state index contributed by atoms with van der Waals surface area (Å²) in [5.74, 6) is -31.8. The van der Waals surface area contributed by atoms with E-state index in [1.54, 1.807) is 0 Å². The Morgan fingerprint density at radius 3 is 1.24 bits per heavy atom. The molecule has 0 bridgehead atoms. The number of benzene rings is 2. The number of pyridine rings is 1. The molecular formula is C19H3F10NO4. The van der Waals surface area contributed by atoms with Crippen LogP contribution in [0.3, 0.4) is 0 Å². The van der Waals surface area contributed by atoms with Crippen LogP contribution in [-0.4, -0.2) is 16.9 Å². The van der Waals surface area contributed by atoms with Crippen LogP contribution >= 0.6 is 0 Å². The molecule has 178 valence electrons. The van der Waals surface area contributed by atoms with E-state index in [9.17, 15) is 53.5 Å². The predicted octanol–water partition coefficient (Wildman–Crippen LogP) is 4.91. The molecule has 0 aliphatic carbocycles. The molecule has 0 N–H and O–H groups in total. The zero-order chi connectivity index (χ0) is 25.5. The number of rotatable bonds is 4. The molecule has 15 heteroatoms. The van der Waals surface area contributed by atoms with Gasteiger partial charge in [0.15, 0.2) is 0 Å². The van der Waals surface area contributed by atoms with E-state index in [0.29, 0.717) is 18.3 Å². The average molecular weight is 499 g/mol. The summed E-state index contributed by atoms with van der Waals surface area (Å²) in [6, 6.07) is 1.22.